The second-order valence-corrected chi connectivity index (χ2v) is 4.35. The molecule has 20 heavy (non-hydrogen) atoms. The Hall–Kier alpha value is -2.34. The number of benzene rings is 2. The monoisotopic (exact) mass is 264 g/mol. The van der Waals surface area contributed by atoms with Crippen LogP contribution < -0.4 is 0 Å². The van der Waals surface area contributed by atoms with Gasteiger partial charge in [-0.3, -0.25) is 0 Å². The van der Waals surface area contributed by atoms with Gasteiger partial charge in [0.25, 0.3) is 0 Å². The molecule has 0 heterocycles. The lowest BCUT2D eigenvalue weighted by molar-refractivity contribution is 1.58. The van der Waals surface area contributed by atoms with Gasteiger partial charge in [0.15, 0.2) is 0 Å². The van der Waals surface area contributed by atoms with Gasteiger partial charge in [-0.1, -0.05) is 104 Å². The van der Waals surface area contributed by atoms with Crippen molar-refractivity contribution in [3.8, 4) is 0 Å². The van der Waals surface area contributed by atoms with Crippen LogP contribution in [0.4, 0.5) is 0 Å². The molecule has 0 unspecified atom stereocenters. The molecule has 0 aromatic heterocycles. The first-order valence-corrected chi connectivity index (χ1v) is 6.56. The fraction of sp³-hybridized carbons (Fsp3) is 0.100. The molecule has 0 spiro atoms. The quantitative estimate of drug-likeness (QED) is 0.570. The van der Waals surface area contributed by atoms with Crippen molar-refractivity contribution in [1.29, 1.82) is 0 Å². The molecule has 0 saturated carbocycles. The highest BCUT2D eigenvalue weighted by atomic mass is 13.9. The summed E-state index contributed by atoms with van der Waals surface area (Å²) < 4.78 is 0. The second-order valence-electron chi connectivity index (χ2n) is 4.35. The van der Waals surface area contributed by atoms with Gasteiger partial charge in [-0.25, -0.2) is 0 Å². The van der Waals surface area contributed by atoms with Gasteiger partial charge in [-0.05, 0) is 19.4 Å². The highest BCUT2D eigenvalue weighted by molar-refractivity contribution is 5.60. The summed E-state index contributed by atoms with van der Waals surface area (Å²) in [6.45, 7) is 14.8. The number of hydrogen-bond donors (Lipinski definition) is 0. The molecule has 2 aromatic rings. The Balaban J connectivity index is 0.000000288. The van der Waals surface area contributed by atoms with Crippen LogP contribution in [0.5, 0.6) is 0 Å². The number of rotatable bonds is 2. The van der Waals surface area contributed by atoms with Gasteiger partial charge in [0.05, 0.1) is 0 Å². The number of hydrogen-bond acceptors (Lipinski definition) is 0. The summed E-state index contributed by atoms with van der Waals surface area (Å²) in [5.41, 5.74) is 3.36. The lowest BCUT2D eigenvalue weighted by Crippen LogP contribution is -1.72. The van der Waals surface area contributed by atoms with Gasteiger partial charge in [-0.2, -0.15) is 0 Å². The van der Waals surface area contributed by atoms with E-state index in [1.165, 1.54) is 5.56 Å². The second kappa shape index (κ2) is 11.7. The van der Waals surface area contributed by atoms with Crippen molar-refractivity contribution >= 4 is 5.57 Å². The van der Waals surface area contributed by atoms with Gasteiger partial charge in [0, 0.05) is 0 Å². The molecule has 0 aliphatic rings. The smallest absolute Gasteiger partial charge is 0.0233 e. The van der Waals surface area contributed by atoms with E-state index in [0.29, 0.717) is 0 Å². The van der Waals surface area contributed by atoms with E-state index in [9.17, 15) is 0 Å². The van der Waals surface area contributed by atoms with E-state index in [1.807, 2.05) is 68.4 Å². The summed E-state index contributed by atoms with van der Waals surface area (Å²) in [6, 6.07) is 22.2. The molecular formula is C20H24. The number of allylic oxidation sites excluding steroid dienone is 3. The van der Waals surface area contributed by atoms with Crippen molar-refractivity contribution in [2.24, 2.45) is 0 Å². The van der Waals surface area contributed by atoms with Crippen molar-refractivity contribution in [2.45, 2.75) is 13.8 Å². The largest absolute Gasteiger partial charge is 0.0988 e. The fourth-order valence-corrected chi connectivity index (χ4v) is 1.11. The predicted octanol–water partition coefficient (Wildman–Crippen LogP) is 6.15. The van der Waals surface area contributed by atoms with Crippen LogP contribution in [0.3, 0.4) is 0 Å². The van der Waals surface area contributed by atoms with Crippen LogP contribution in [0.25, 0.3) is 5.57 Å². The van der Waals surface area contributed by atoms with Crippen LogP contribution in [0.15, 0.2) is 98.1 Å². The minimum atomic E-state index is 1.02. The molecule has 0 nitrogen and oxygen atoms in total. The molecule has 0 heteroatoms. The van der Waals surface area contributed by atoms with Gasteiger partial charge < -0.3 is 0 Å². The van der Waals surface area contributed by atoms with E-state index in [1.54, 1.807) is 6.08 Å². The molecular weight excluding hydrogens is 240 g/mol. The average Bonchev–Trinajstić information content (AvgIpc) is 2.51. The van der Waals surface area contributed by atoms with Crippen LogP contribution in [0.2, 0.25) is 0 Å². The minimum absolute atomic E-state index is 1.02. The Labute approximate surface area is 123 Å². The maximum absolute atomic E-state index is 3.83. The third kappa shape index (κ3) is 10.8. The van der Waals surface area contributed by atoms with E-state index >= 15 is 0 Å². The molecule has 0 aliphatic carbocycles. The van der Waals surface area contributed by atoms with Gasteiger partial charge in [0.1, 0.15) is 0 Å². The predicted molar refractivity (Wildman–Crippen MR) is 92.6 cm³/mol. The molecule has 0 aliphatic heterocycles. The Morgan fingerprint density at radius 1 is 0.750 bits per heavy atom. The fourth-order valence-electron chi connectivity index (χ4n) is 1.11. The van der Waals surface area contributed by atoms with Gasteiger partial charge in [0.2, 0.25) is 0 Å². The molecule has 0 radical (unpaired) electrons. The van der Waals surface area contributed by atoms with Crippen LogP contribution in [-0.2, 0) is 0 Å². The van der Waals surface area contributed by atoms with Crippen molar-refractivity contribution in [3.05, 3.63) is 104 Å². The van der Waals surface area contributed by atoms with Crippen LogP contribution in [0, 0.1) is 0 Å². The zero-order valence-corrected chi connectivity index (χ0v) is 12.5. The van der Waals surface area contributed by atoms with E-state index in [-0.39, 0.29) is 0 Å². The Kier molecular flexibility index (Phi) is 10.4. The van der Waals surface area contributed by atoms with Crippen LogP contribution in [0.1, 0.15) is 19.4 Å². The standard InChI is InChI=1S/C9H10.C6H6.C5H8/c1-8(2)9-6-4-3-5-7-9;1-2-4-6-5-3-1;1-4-5(2)3/h3-7H,1H2,2H3;1-6H;4H,1-2H2,3H3. The lowest BCUT2D eigenvalue weighted by atomic mass is 10.1. The topological polar surface area (TPSA) is 0 Å². The summed E-state index contributed by atoms with van der Waals surface area (Å²) in [7, 11) is 0. The summed E-state index contributed by atoms with van der Waals surface area (Å²) in [5.74, 6) is 0. The Bertz CT molecular complexity index is 465. The van der Waals surface area contributed by atoms with E-state index in [4.69, 9.17) is 0 Å². The van der Waals surface area contributed by atoms with Crippen molar-refractivity contribution in [2.75, 3.05) is 0 Å². The highest BCUT2D eigenvalue weighted by Crippen LogP contribution is 2.08. The molecule has 0 amide bonds. The molecule has 104 valence electrons. The first-order valence-electron chi connectivity index (χ1n) is 6.56. The van der Waals surface area contributed by atoms with E-state index < -0.39 is 0 Å². The molecule has 0 fully saturated rings. The Morgan fingerprint density at radius 2 is 1.05 bits per heavy atom. The summed E-state index contributed by atoms with van der Waals surface area (Å²) in [4.78, 5) is 0. The van der Waals surface area contributed by atoms with Crippen molar-refractivity contribution < 1.29 is 0 Å². The normalized spacial score (nSPS) is 8.10. The third-order valence-corrected chi connectivity index (χ3v) is 2.28. The minimum Gasteiger partial charge on any atom is -0.0988 e. The SMILES string of the molecule is C=C(C)c1ccccc1.C=CC(=C)C.c1ccccc1. The zero-order valence-electron chi connectivity index (χ0n) is 12.5. The van der Waals surface area contributed by atoms with Crippen molar-refractivity contribution in [1.82, 2.24) is 0 Å². The van der Waals surface area contributed by atoms with Gasteiger partial charge in [-0.15, -0.1) is 0 Å². The van der Waals surface area contributed by atoms with E-state index in [0.717, 1.165) is 11.1 Å². The molecule has 2 rings (SSSR count). The molecule has 0 bridgehead atoms. The van der Waals surface area contributed by atoms with Crippen LogP contribution in [-0.4, -0.2) is 0 Å². The summed E-state index contributed by atoms with van der Waals surface area (Å²) >= 11 is 0. The van der Waals surface area contributed by atoms with Crippen LogP contribution >= 0.6 is 0 Å². The maximum atomic E-state index is 3.83. The van der Waals surface area contributed by atoms with Crippen molar-refractivity contribution in [3.63, 3.8) is 0 Å². The molecule has 2 aromatic carbocycles. The summed E-state index contributed by atoms with van der Waals surface area (Å²) in [5, 5.41) is 0. The maximum Gasteiger partial charge on any atom is -0.0233 e. The first-order chi connectivity index (χ1) is 9.57. The van der Waals surface area contributed by atoms with E-state index in [2.05, 4.69) is 31.9 Å². The molecule has 0 saturated heterocycles. The zero-order chi connectivity index (χ0) is 15.2. The molecule has 0 atom stereocenters. The molecule has 0 N–H and O–H groups in total. The highest BCUT2D eigenvalue weighted by Gasteiger charge is 1.86. The Morgan fingerprint density at radius 3 is 1.25 bits per heavy atom. The lowest BCUT2D eigenvalue weighted by Gasteiger charge is -1.94. The average molecular weight is 264 g/mol. The third-order valence-electron chi connectivity index (χ3n) is 2.28. The summed E-state index contributed by atoms with van der Waals surface area (Å²) in [6.07, 6.45) is 1.72. The van der Waals surface area contributed by atoms with Gasteiger partial charge >= 0.3 is 0 Å². The first kappa shape index (κ1) is 17.7.